The summed E-state index contributed by atoms with van der Waals surface area (Å²) in [5.74, 6) is -5.06. The standard InChI is InChI=1S/C4H3F8NO2S/c5-1(6)3(8,9)2(7)16-15-14-13-4(10,11)12/h1-2,13H. The Labute approximate surface area is 87.2 Å². The predicted octanol–water partition coefficient (Wildman–Crippen LogP) is 2.80. The highest BCUT2D eigenvalue weighted by atomic mass is 32.2. The first-order valence-electron chi connectivity index (χ1n) is 3.20. The molecule has 1 atom stereocenters. The molecule has 0 aliphatic rings. The summed E-state index contributed by atoms with van der Waals surface area (Å²) in [6, 6.07) is 0. The zero-order valence-corrected chi connectivity index (χ0v) is 7.72. The fourth-order valence-corrected chi connectivity index (χ4v) is 0.655. The van der Waals surface area contributed by atoms with Crippen LogP contribution in [0.15, 0.2) is 0 Å². The number of rotatable bonds is 6. The van der Waals surface area contributed by atoms with Gasteiger partial charge in [0.15, 0.2) is 0 Å². The van der Waals surface area contributed by atoms with E-state index >= 15 is 0 Å². The van der Waals surface area contributed by atoms with Crippen LogP contribution in [0.2, 0.25) is 0 Å². The maximum atomic E-state index is 12.3. The molecule has 0 aromatic rings. The third kappa shape index (κ3) is 5.67. The maximum Gasteiger partial charge on any atom is 0.482 e. The highest BCUT2D eigenvalue weighted by molar-refractivity contribution is 7.95. The topological polar surface area (TPSA) is 30.5 Å². The van der Waals surface area contributed by atoms with Crippen molar-refractivity contribution in [3.05, 3.63) is 0 Å². The van der Waals surface area contributed by atoms with Crippen LogP contribution in [0.5, 0.6) is 0 Å². The first kappa shape index (κ1) is 15.7. The molecule has 0 amide bonds. The largest absolute Gasteiger partial charge is 0.482 e. The minimum Gasteiger partial charge on any atom is -0.226 e. The van der Waals surface area contributed by atoms with Gasteiger partial charge in [-0.1, -0.05) is 5.48 Å². The van der Waals surface area contributed by atoms with Gasteiger partial charge in [-0.15, -0.1) is 9.32 Å². The molecule has 0 fully saturated rings. The molecule has 0 bridgehead atoms. The average Bonchev–Trinajstić information content (AvgIpc) is 2.10. The summed E-state index contributed by atoms with van der Waals surface area (Å²) in [4.78, 5) is 3.01. The molecule has 3 nitrogen and oxygen atoms in total. The van der Waals surface area contributed by atoms with E-state index in [-0.39, 0.29) is 5.48 Å². The van der Waals surface area contributed by atoms with Gasteiger partial charge in [0.2, 0.25) is 5.50 Å². The SMILES string of the molecule is FC(F)C(F)(F)C(F)SOONC(F)(F)F. The summed E-state index contributed by atoms with van der Waals surface area (Å²) >= 11 is -1.03. The lowest BCUT2D eigenvalue weighted by atomic mass is 10.4. The van der Waals surface area contributed by atoms with E-state index in [0.717, 1.165) is 0 Å². The van der Waals surface area contributed by atoms with Crippen molar-refractivity contribution in [3.8, 4) is 0 Å². The van der Waals surface area contributed by atoms with Crippen molar-refractivity contribution < 1.29 is 44.4 Å². The van der Waals surface area contributed by atoms with Crippen LogP contribution in [0.4, 0.5) is 35.1 Å². The van der Waals surface area contributed by atoms with E-state index in [1.807, 2.05) is 0 Å². The van der Waals surface area contributed by atoms with E-state index in [0.29, 0.717) is 0 Å². The summed E-state index contributed by atoms with van der Waals surface area (Å²) in [5.41, 5.74) is -3.37. The second kappa shape index (κ2) is 5.84. The molecule has 16 heavy (non-hydrogen) atoms. The normalized spacial score (nSPS) is 15.6. The lowest BCUT2D eigenvalue weighted by Gasteiger charge is -2.17. The van der Waals surface area contributed by atoms with E-state index in [1.165, 1.54) is 0 Å². The number of nitrogens with one attached hydrogen (secondary N) is 1. The molecule has 0 saturated carbocycles. The maximum absolute atomic E-state index is 12.3. The summed E-state index contributed by atoms with van der Waals surface area (Å²) in [5, 5.41) is 0. The molecular formula is C4H3F8NO2S. The Morgan fingerprint density at radius 1 is 1.00 bits per heavy atom. The summed E-state index contributed by atoms with van der Waals surface area (Å²) in [6.07, 6.45) is -9.38. The fraction of sp³-hybridized carbons (Fsp3) is 1.00. The molecule has 0 aliphatic carbocycles. The Morgan fingerprint density at radius 2 is 1.50 bits per heavy atom. The molecule has 0 aromatic heterocycles. The number of hydrogen-bond donors (Lipinski definition) is 1. The molecule has 98 valence electrons. The van der Waals surface area contributed by atoms with Crippen molar-refractivity contribution in [1.82, 2.24) is 5.48 Å². The Bertz CT molecular complexity index is 211. The fourth-order valence-electron chi connectivity index (χ4n) is 0.282. The number of hydroxylamine groups is 1. The Hall–Kier alpha value is -0.330. The monoisotopic (exact) mass is 281 g/mol. The summed E-state index contributed by atoms with van der Waals surface area (Å²) in [7, 11) is 0. The molecular weight excluding hydrogens is 278 g/mol. The predicted molar refractivity (Wildman–Crippen MR) is 34.8 cm³/mol. The van der Waals surface area contributed by atoms with Gasteiger partial charge >= 0.3 is 18.6 Å². The Kier molecular flexibility index (Phi) is 5.72. The van der Waals surface area contributed by atoms with Crippen molar-refractivity contribution in [3.63, 3.8) is 0 Å². The summed E-state index contributed by atoms with van der Waals surface area (Å²) in [6.45, 7) is 0. The average molecular weight is 281 g/mol. The lowest BCUT2D eigenvalue weighted by Crippen LogP contribution is -2.36. The first-order chi connectivity index (χ1) is 7.07. The van der Waals surface area contributed by atoms with Gasteiger partial charge in [0.05, 0.1) is 12.0 Å². The highest BCUT2D eigenvalue weighted by Gasteiger charge is 2.51. The van der Waals surface area contributed by atoms with Crippen LogP contribution >= 0.6 is 12.0 Å². The van der Waals surface area contributed by atoms with E-state index in [2.05, 4.69) is 9.32 Å². The third-order valence-electron chi connectivity index (χ3n) is 0.909. The van der Waals surface area contributed by atoms with Crippen molar-refractivity contribution in [1.29, 1.82) is 0 Å². The minimum atomic E-state index is -5.06. The van der Waals surface area contributed by atoms with Gasteiger partial charge in [0.25, 0.3) is 0 Å². The molecule has 0 saturated heterocycles. The van der Waals surface area contributed by atoms with Crippen LogP contribution in [0.25, 0.3) is 0 Å². The Balaban J connectivity index is 3.86. The first-order valence-corrected chi connectivity index (χ1v) is 4.00. The van der Waals surface area contributed by atoms with Crippen LogP contribution < -0.4 is 5.48 Å². The van der Waals surface area contributed by atoms with E-state index in [1.54, 1.807) is 0 Å². The second-order valence-corrected chi connectivity index (χ2v) is 2.88. The molecule has 0 aliphatic heterocycles. The van der Waals surface area contributed by atoms with E-state index in [4.69, 9.17) is 0 Å². The molecule has 1 N–H and O–H groups in total. The van der Waals surface area contributed by atoms with Crippen molar-refractivity contribution in [2.75, 3.05) is 0 Å². The zero-order chi connectivity index (χ0) is 13.0. The van der Waals surface area contributed by atoms with Crippen LogP contribution in [0, 0.1) is 0 Å². The van der Waals surface area contributed by atoms with E-state index in [9.17, 15) is 35.1 Å². The second-order valence-electron chi connectivity index (χ2n) is 2.14. The third-order valence-corrected chi connectivity index (χ3v) is 1.54. The van der Waals surface area contributed by atoms with Crippen LogP contribution in [-0.4, -0.2) is 24.2 Å². The van der Waals surface area contributed by atoms with Crippen molar-refractivity contribution in [2.24, 2.45) is 0 Å². The Morgan fingerprint density at radius 3 is 1.88 bits per heavy atom. The van der Waals surface area contributed by atoms with Gasteiger partial charge in [-0.25, -0.2) is 13.2 Å². The molecule has 0 heterocycles. The van der Waals surface area contributed by atoms with Crippen LogP contribution in [-0.2, 0) is 9.32 Å². The van der Waals surface area contributed by atoms with Crippen molar-refractivity contribution >= 4 is 12.0 Å². The van der Waals surface area contributed by atoms with Crippen LogP contribution in [0.1, 0.15) is 0 Å². The number of halogens is 8. The zero-order valence-electron chi connectivity index (χ0n) is 6.90. The molecule has 0 spiro atoms. The molecule has 12 heteroatoms. The van der Waals surface area contributed by atoms with Gasteiger partial charge in [0, 0.05) is 0 Å². The van der Waals surface area contributed by atoms with Gasteiger partial charge < -0.3 is 0 Å². The smallest absolute Gasteiger partial charge is 0.226 e. The van der Waals surface area contributed by atoms with Crippen LogP contribution in [0.3, 0.4) is 0 Å². The molecule has 0 rings (SSSR count). The quantitative estimate of drug-likeness (QED) is 0.202. The van der Waals surface area contributed by atoms with Gasteiger partial charge in [-0.05, 0) is 0 Å². The lowest BCUT2D eigenvalue weighted by molar-refractivity contribution is -0.343. The molecule has 0 aromatic carbocycles. The van der Waals surface area contributed by atoms with Gasteiger partial charge in [0.1, 0.15) is 0 Å². The number of hydrogen-bond acceptors (Lipinski definition) is 4. The van der Waals surface area contributed by atoms with Gasteiger partial charge in [-0.2, -0.15) is 22.0 Å². The molecule has 1 unspecified atom stereocenters. The van der Waals surface area contributed by atoms with Gasteiger partial charge in [-0.3, -0.25) is 0 Å². The highest BCUT2D eigenvalue weighted by Crippen LogP contribution is 2.35. The number of alkyl halides is 8. The molecule has 0 radical (unpaired) electrons. The summed E-state index contributed by atoms with van der Waals surface area (Å²) < 4.78 is 96.3. The van der Waals surface area contributed by atoms with E-state index < -0.39 is 36.2 Å². The minimum absolute atomic E-state index is 0.216. The van der Waals surface area contributed by atoms with Crippen molar-refractivity contribution in [2.45, 2.75) is 24.2 Å².